The molecule has 1 heterocycles. The summed E-state index contributed by atoms with van der Waals surface area (Å²) in [5.74, 6) is -0.546. The molecule has 1 atom stereocenters. The molecule has 1 unspecified atom stereocenters. The van der Waals surface area contributed by atoms with E-state index >= 15 is 0 Å². The first-order chi connectivity index (χ1) is 10.5. The van der Waals surface area contributed by atoms with Gasteiger partial charge >= 0.3 is 6.03 Å². The molecule has 7 heteroatoms. The number of amides is 4. The Morgan fingerprint density at radius 3 is 2.64 bits per heavy atom. The highest BCUT2D eigenvalue weighted by molar-refractivity contribution is 7.98. The van der Waals surface area contributed by atoms with Gasteiger partial charge < -0.3 is 10.2 Å². The first-order valence-corrected chi connectivity index (χ1v) is 8.24. The molecule has 118 valence electrons. The summed E-state index contributed by atoms with van der Waals surface area (Å²) in [6.07, 6.45) is 2.24. The van der Waals surface area contributed by atoms with Crippen LogP contribution in [0.4, 0.5) is 4.79 Å². The standard InChI is InChI=1S/C15H19N3O3S/c1-10(11-3-5-12(22-2)6-4-11)16-14(20)9-18-8-7-13(19)17-15(18)21/h3-6,10H,7-9H2,1-2H3,(H,16,20)(H,17,19,21). The van der Waals surface area contributed by atoms with Crippen LogP contribution in [0.15, 0.2) is 29.2 Å². The topological polar surface area (TPSA) is 78.5 Å². The summed E-state index contributed by atoms with van der Waals surface area (Å²) in [5.41, 5.74) is 1.00. The van der Waals surface area contributed by atoms with Crippen molar-refractivity contribution in [2.75, 3.05) is 19.3 Å². The molecule has 1 aliphatic rings. The van der Waals surface area contributed by atoms with Crippen molar-refractivity contribution in [3.8, 4) is 0 Å². The monoisotopic (exact) mass is 321 g/mol. The molecule has 22 heavy (non-hydrogen) atoms. The van der Waals surface area contributed by atoms with Gasteiger partial charge in [-0.3, -0.25) is 14.9 Å². The maximum atomic E-state index is 12.0. The number of thioether (sulfide) groups is 1. The van der Waals surface area contributed by atoms with Crippen molar-refractivity contribution in [3.63, 3.8) is 0 Å². The minimum absolute atomic E-state index is 0.0493. The second-order valence-corrected chi connectivity index (χ2v) is 5.97. The SMILES string of the molecule is CSc1ccc(C(C)NC(=O)CN2CCC(=O)NC2=O)cc1. The maximum Gasteiger partial charge on any atom is 0.324 e. The van der Waals surface area contributed by atoms with Gasteiger partial charge in [-0.2, -0.15) is 0 Å². The maximum absolute atomic E-state index is 12.0. The van der Waals surface area contributed by atoms with Gasteiger partial charge in [0.25, 0.3) is 0 Å². The van der Waals surface area contributed by atoms with E-state index in [-0.39, 0.29) is 37.4 Å². The minimum Gasteiger partial charge on any atom is -0.348 e. The molecule has 4 amide bonds. The number of urea groups is 1. The fraction of sp³-hybridized carbons (Fsp3) is 0.400. The zero-order valence-electron chi connectivity index (χ0n) is 12.6. The van der Waals surface area contributed by atoms with Crippen LogP contribution in [0.3, 0.4) is 0 Å². The fourth-order valence-corrected chi connectivity index (χ4v) is 2.59. The van der Waals surface area contributed by atoms with Gasteiger partial charge in [-0.05, 0) is 30.9 Å². The van der Waals surface area contributed by atoms with Crippen LogP contribution in [0.1, 0.15) is 24.9 Å². The van der Waals surface area contributed by atoms with Crippen LogP contribution in [0.5, 0.6) is 0 Å². The van der Waals surface area contributed by atoms with E-state index in [0.29, 0.717) is 0 Å². The summed E-state index contributed by atoms with van der Waals surface area (Å²) in [6.45, 7) is 2.12. The van der Waals surface area contributed by atoms with Crippen molar-refractivity contribution < 1.29 is 14.4 Å². The third kappa shape index (κ3) is 4.24. The lowest BCUT2D eigenvalue weighted by Crippen LogP contribution is -2.52. The van der Waals surface area contributed by atoms with E-state index in [2.05, 4.69) is 10.6 Å². The molecule has 6 nitrogen and oxygen atoms in total. The lowest BCUT2D eigenvalue weighted by Gasteiger charge is -2.26. The number of carbonyl (C=O) groups excluding carboxylic acids is 3. The van der Waals surface area contributed by atoms with E-state index in [1.54, 1.807) is 11.8 Å². The fourth-order valence-electron chi connectivity index (χ4n) is 2.19. The Morgan fingerprint density at radius 2 is 2.05 bits per heavy atom. The van der Waals surface area contributed by atoms with E-state index in [1.165, 1.54) is 4.90 Å². The van der Waals surface area contributed by atoms with Crippen LogP contribution in [-0.4, -0.2) is 42.1 Å². The minimum atomic E-state index is -0.511. The highest BCUT2D eigenvalue weighted by Gasteiger charge is 2.25. The normalized spacial score (nSPS) is 16.2. The number of hydrogen-bond acceptors (Lipinski definition) is 4. The molecule has 0 aromatic heterocycles. The van der Waals surface area contributed by atoms with Crippen LogP contribution in [0.2, 0.25) is 0 Å². The lowest BCUT2D eigenvalue weighted by molar-refractivity contribution is -0.125. The van der Waals surface area contributed by atoms with Gasteiger partial charge in [0.05, 0.1) is 6.04 Å². The van der Waals surface area contributed by atoms with E-state index in [0.717, 1.165) is 10.5 Å². The lowest BCUT2D eigenvalue weighted by atomic mass is 10.1. The number of nitrogens with one attached hydrogen (secondary N) is 2. The Balaban J connectivity index is 1.88. The van der Waals surface area contributed by atoms with E-state index in [4.69, 9.17) is 0 Å². The molecule has 0 aliphatic carbocycles. The van der Waals surface area contributed by atoms with Crippen LogP contribution in [-0.2, 0) is 9.59 Å². The van der Waals surface area contributed by atoms with E-state index in [1.807, 2.05) is 37.4 Å². The average Bonchev–Trinajstić information content (AvgIpc) is 2.50. The van der Waals surface area contributed by atoms with Crippen molar-refractivity contribution in [3.05, 3.63) is 29.8 Å². The van der Waals surface area contributed by atoms with Crippen LogP contribution in [0, 0.1) is 0 Å². The first-order valence-electron chi connectivity index (χ1n) is 7.01. The number of hydrogen-bond donors (Lipinski definition) is 2. The molecule has 1 saturated heterocycles. The molecule has 1 aliphatic heterocycles. The summed E-state index contributed by atoms with van der Waals surface area (Å²) in [5, 5.41) is 5.06. The zero-order chi connectivity index (χ0) is 16.1. The molecule has 0 spiro atoms. The van der Waals surface area contributed by atoms with Gasteiger partial charge in [-0.15, -0.1) is 11.8 Å². The van der Waals surface area contributed by atoms with Crippen molar-refractivity contribution in [2.45, 2.75) is 24.3 Å². The summed E-state index contributed by atoms with van der Waals surface area (Å²) < 4.78 is 0. The predicted octanol–water partition coefficient (Wildman–Crippen LogP) is 1.53. The van der Waals surface area contributed by atoms with E-state index < -0.39 is 6.03 Å². The Bertz CT molecular complexity index is 574. The highest BCUT2D eigenvalue weighted by atomic mass is 32.2. The molecule has 0 bridgehead atoms. The number of benzene rings is 1. The molecule has 0 saturated carbocycles. The number of carbonyl (C=O) groups is 3. The highest BCUT2D eigenvalue weighted by Crippen LogP contribution is 2.18. The van der Waals surface area contributed by atoms with Gasteiger partial charge in [0.2, 0.25) is 11.8 Å². The quantitative estimate of drug-likeness (QED) is 0.806. The molecule has 0 radical (unpaired) electrons. The third-order valence-corrected chi connectivity index (χ3v) is 4.21. The molecule has 1 aromatic rings. The van der Waals surface area contributed by atoms with E-state index in [9.17, 15) is 14.4 Å². The molecule has 2 rings (SSSR count). The van der Waals surface area contributed by atoms with Gasteiger partial charge in [-0.25, -0.2) is 4.79 Å². The zero-order valence-corrected chi connectivity index (χ0v) is 13.4. The Morgan fingerprint density at radius 1 is 1.36 bits per heavy atom. The van der Waals surface area contributed by atoms with Crippen molar-refractivity contribution in [1.29, 1.82) is 0 Å². The largest absolute Gasteiger partial charge is 0.348 e. The summed E-state index contributed by atoms with van der Waals surface area (Å²) >= 11 is 1.66. The molecule has 2 N–H and O–H groups in total. The first kappa shape index (κ1) is 16.4. The molecule has 1 fully saturated rings. The van der Waals surface area contributed by atoms with Crippen LogP contribution >= 0.6 is 11.8 Å². The Hall–Kier alpha value is -2.02. The van der Waals surface area contributed by atoms with Gasteiger partial charge in [0, 0.05) is 17.9 Å². The Kier molecular flexibility index (Phi) is 5.43. The number of imide groups is 1. The van der Waals surface area contributed by atoms with Gasteiger partial charge in [-0.1, -0.05) is 12.1 Å². The predicted molar refractivity (Wildman–Crippen MR) is 84.5 cm³/mol. The third-order valence-electron chi connectivity index (χ3n) is 3.47. The Labute approximate surface area is 133 Å². The molecular formula is C15H19N3O3S. The van der Waals surface area contributed by atoms with Crippen LogP contribution < -0.4 is 10.6 Å². The number of rotatable bonds is 5. The number of nitrogens with zero attached hydrogens (tertiary/aromatic N) is 1. The second-order valence-electron chi connectivity index (χ2n) is 5.09. The average molecular weight is 321 g/mol. The molecule has 1 aromatic carbocycles. The summed E-state index contributed by atoms with van der Waals surface area (Å²) in [4.78, 5) is 37.2. The van der Waals surface area contributed by atoms with Crippen molar-refractivity contribution in [2.24, 2.45) is 0 Å². The summed E-state index contributed by atoms with van der Waals surface area (Å²) in [6, 6.07) is 7.31. The van der Waals surface area contributed by atoms with Gasteiger partial charge in [0.15, 0.2) is 0 Å². The second kappa shape index (κ2) is 7.31. The molecular weight excluding hydrogens is 302 g/mol. The van der Waals surface area contributed by atoms with Crippen molar-refractivity contribution in [1.82, 2.24) is 15.5 Å². The van der Waals surface area contributed by atoms with Crippen LogP contribution in [0.25, 0.3) is 0 Å². The smallest absolute Gasteiger partial charge is 0.324 e. The van der Waals surface area contributed by atoms with Crippen molar-refractivity contribution >= 4 is 29.6 Å². The summed E-state index contributed by atoms with van der Waals surface area (Å²) in [7, 11) is 0. The van der Waals surface area contributed by atoms with Gasteiger partial charge in [0.1, 0.15) is 6.54 Å².